The molecule has 0 aliphatic carbocycles. The first-order valence-corrected chi connectivity index (χ1v) is 3.93. The minimum absolute atomic E-state index is 0.464. The van der Waals surface area contributed by atoms with Crippen molar-refractivity contribution in [2.75, 3.05) is 6.61 Å². The van der Waals surface area contributed by atoms with E-state index in [1.54, 1.807) is 19.2 Å². The summed E-state index contributed by atoms with van der Waals surface area (Å²) in [6, 6.07) is -2.45. The molecule has 0 unspecified atom stereocenters. The summed E-state index contributed by atoms with van der Waals surface area (Å²) in [7, 11) is 0. The lowest BCUT2D eigenvalue weighted by atomic mass is 10.3. The molecule has 0 aliphatic heterocycles. The van der Waals surface area contributed by atoms with Crippen molar-refractivity contribution >= 4 is 18.0 Å². The number of amides is 5. The Labute approximate surface area is 80.9 Å². The number of rotatable bonds is 2. The van der Waals surface area contributed by atoms with Crippen LogP contribution in [0, 0.1) is 0 Å². The largest absolute Gasteiger partial charge is 0.387 e. The van der Waals surface area contributed by atoms with Crippen LogP contribution >= 0.6 is 0 Å². The summed E-state index contributed by atoms with van der Waals surface area (Å²) in [5, 5.41) is 10.3. The Balaban J connectivity index is 4.58. The Kier molecular flexibility index (Phi) is 4.57. The second-order valence-electron chi connectivity index (χ2n) is 2.81. The molecule has 0 heterocycles. The molecule has 0 aromatic carbocycles. The molecule has 7 heteroatoms. The average Bonchev–Trinajstić information content (AvgIpc) is 2.01. The van der Waals surface area contributed by atoms with E-state index >= 15 is 0 Å². The zero-order valence-corrected chi connectivity index (χ0v) is 7.98. The fourth-order valence-electron chi connectivity index (χ4n) is 0.878. The molecule has 0 saturated carbocycles. The summed E-state index contributed by atoms with van der Waals surface area (Å²) in [5.74, 6) is -0.793. The molecule has 0 atom stereocenters. The molecule has 7 nitrogen and oxygen atoms in total. The number of nitrogens with one attached hydrogen (secondary N) is 1. The van der Waals surface area contributed by atoms with Gasteiger partial charge in [-0.1, -0.05) is 0 Å². The van der Waals surface area contributed by atoms with E-state index in [0.29, 0.717) is 4.90 Å². The molecule has 0 aliphatic rings. The maximum atomic E-state index is 11.2. The van der Waals surface area contributed by atoms with Gasteiger partial charge in [-0.3, -0.25) is 15.0 Å². The van der Waals surface area contributed by atoms with E-state index in [0.717, 1.165) is 0 Å². The topological polar surface area (TPSA) is 113 Å². The third-order valence-corrected chi connectivity index (χ3v) is 1.37. The summed E-state index contributed by atoms with van der Waals surface area (Å²) >= 11 is 0. The monoisotopic (exact) mass is 203 g/mol. The van der Waals surface area contributed by atoms with Crippen LogP contribution in [0.25, 0.3) is 0 Å². The zero-order chi connectivity index (χ0) is 11.3. The molecule has 5 amide bonds. The maximum absolute atomic E-state index is 11.2. The number of aliphatic hydroxyl groups excluding tert-OH is 1. The number of nitrogens with zero attached hydrogens (tertiary/aromatic N) is 1. The molecule has 0 fully saturated rings. The Morgan fingerprint density at radius 2 is 1.93 bits per heavy atom. The standard InChI is InChI=1S/C7H13N3O4/c1-4(2)10(5(12)3-11)7(14)9-6(8)13/h4,11H,3H2,1-2H3,(H3,8,9,13,14). The molecule has 0 radical (unpaired) electrons. The van der Waals surface area contributed by atoms with E-state index < -0.39 is 30.6 Å². The first kappa shape index (κ1) is 12.4. The fraction of sp³-hybridized carbons (Fsp3) is 0.571. The predicted molar refractivity (Wildman–Crippen MR) is 47.2 cm³/mol. The van der Waals surface area contributed by atoms with E-state index in [1.165, 1.54) is 0 Å². The van der Waals surface area contributed by atoms with Gasteiger partial charge in [0, 0.05) is 6.04 Å². The van der Waals surface area contributed by atoms with Crippen LogP contribution in [0.4, 0.5) is 9.59 Å². The van der Waals surface area contributed by atoms with Gasteiger partial charge >= 0.3 is 12.1 Å². The van der Waals surface area contributed by atoms with Crippen molar-refractivity contribution < 1.29 is 19.5 Å². The summed E-state index contributed by atoms with van der Waals surface area (Å²) < 4.78 is 0. The number of hydrogen-bond acceptors (Lipinski definition) is 4. The van der Waals surface area contributed by atoms with Crippen LogP contribution in [0.3, 0.4) is 0 Å². The summed E-state index contributed by atoms with van der Waals surface area (Å²) in [4.78, 5) is 33.3. The van der Waals surface area contributed by atoms with E-state index in [-0.39, 0.29) is 0 Å². The van der Waals surface area contributed by atoms with Gasteiger partial charge in [0.15, 0.2) is 0 Å². The summed E-state index contributed by atoms with van der Waals surface area (Å²) in [6.07, 6.45) is 0. The van der Waals surface area contributed by atoms with Crippen LogP contribution < -0.4 is 11.1 Å². The highest BCUT2D eigenvalue weighted by molar-refractivity contribution is 6.01. The quantitative estimate of drug-likeness (QED) is 0.534. The minimum Gasteiger partial charge on any atom is -0.387 e. The van der Waals surface area contributed by atoms with Crippen LogP contribution in [0.15, 0.2) is 0 Å². The molecule has 0 rings (SSSR count). The molecular weight excluding hydrogens is 190 g/mol. The Morgan fingerprint density at radius 1 is 1.43 bits per heavy atom. The van der Waals surface area contributed by atoms with Crippen molar-refractivity contribution in [3.05, 3.63) is 0 Å². The smallest absolute Gasteiger partial charge is 0.332 e. The van der Waals surface area contributed by atoms with E-state index in [2.05, 4.69) is 0 Å². The van der Waals surface area contributed by atoms with Crippen LogP contribution in [0.2, 0.25) is 0 Å². The van der Waals surface area contributed by atoms with Gasteiger partial charge in [0.2, 0.25) is 0 Å². The number of carbonyl (C=O) groups is 3. The third kappa shape index (κ3) is 3.40. The first-order valence-electron chi connectivity index (χ1n) is 3.93. The lowest BCUT2D eigenvalue weighted by molar-refractivity contribution is -0.132. The van der Waals surface area contributed by atoms with Gasteiger partial charge < -0.3 is 10.8 Å². The van der Waals surface area contributed by atoms with Gasteiger partial charge in [0.25, 0.3) is 5.91 Å². The highest BCUT2D eigenvalue weighted by Crippen LogP contribution is 1.99. The predicted octanol–water partition coefficient (Wildman–Crippen LogP) is -0.996. The fourth-order valence-corrected chi connectivity index (χ4v) is 0.878. The highest BCUT2D eigenvalue weighted by atomic mass is 16.3. The summed E-state index contributed by atoms with van der Waals surface area (Å²) in [5.41, 5.74) is 4.70. The number of aliphatic hydroxyl groups is 1. The molecule has 4 N–H and O–H groups in total. The SMILES string of the molecule is CC(C)N(C(=O)CO)C(=O)NC(N)=O. The number of carbonyl (C=O) groups excluding carboxylic acids is 3. The molecule has 14 heavy (non-hydrogen) atoms. The average molecular weight is 203 g/mol. The first-order chi connectivity index (χ1) is 6.40. The normalized spacial score (nSPS) is 9.71. The minimum atomic E-state index is -1.05. The number of hydrogen-bond donors (Lipinski definition) is 3. The van der Waals surface area contributed by atoms with E-state index in [4.69, 9.17) is 10.8 Å². The van der Waals surface area contributed by atoms with Crippen LogP contribution in [-0.4, -0.2) is 40.6 Å². The molecule has 0 spiro atoms. The van der Waals surface area contributed by atoms with Crippen molar-refractivity contribution in [2.45, 2.75) is 19.9 Å². The number of primary amides is 1. The van der Waals surface area contributed by atoms with Gasteiger partial charge in [-0.2, -0.15) is 0 Å². The molecule has 0 aromatic heterocycles. The second kappa shape index (κ2) is 5.18. The molecular formula is C7H13N3O4. The van der Waals surface area contributed by atoms with Crippen molar-refractivity contribution in [1.82, 2.24) is 10.2 Å². The van der Waals surface area contributed by atoms with E-state index in [1.807, 2.05) is 0 Å². The second-order valence-corrected chi connectivity index (χ2v) is 2.81. The Bertz CT molecular complexity index is 251. The Hall–Kier alpha value is -1.63. The molecule has 0 aromatic rings. The highest BCUT2D eigenvalue weighted by Gasteiger charge is 2.24. The molecule has 80 valence electrons. The van der Waals surface area contributed by atoms with Crippen molar-refractivity contribution in [3.8, 4) is 0 Å². The van der Waals surface area contributed by atoms with Gasteiger partial charge in [-0.05, 0) is 13.8 Å². The van der Waals surface area contributed by atoms with Gasteiger partial charge in [-0.15, -0.1) is 0 Å². The lowest BCUT2D eigenvalue weighted by Gasteiger charge is -2.23. The summed E-state index contributed by atoms with van der Waals surface area (Å²) in [6.45, 7) is 2.33. The number of nitrogens with two attached hydrogens (primary N) is 1. The van der Waals surface area contributed by atoms with Crippen molar-refractivity contribution in [3.63, 3.8) is 0 Å². The Morgan fingerprint density at radius 3 is 2.21 bits per heavy atom. The van der Waals surface area contributed by atoms with Gasteiger partial charge in [-0.25, -0.2) is 9.59 Å². The molecule has 0 bridgehead atoms. The van der Waals surface area contributed by atoms with Crippen LogP contribution in [0.5, 0.6) is 0 Å². The van der Waals surface area contributed by atoms with E-state index in [9.17, 15) is 14.4 Å². The van der Waals surface area contributed by atoms with Crippen LogP contribution in [-0.2, 0) is 4.79 Å². The van der Waals surface area contributed by atoms with Crippen molar-refractivity contribution in [2.24, 2.45) is 5.73 Å². The number of imide groups is 2. The van der Waals surface area contributed by atoms with Crippen LogP contribution in [0.1, 0.15) is 13.8 Å². The third-order valence-electron chi connectivity index (χ3n) is 1.37. The van der Waals surface area contributed by atoms with Crippen molar-refractivity contribution in [1.29, 1.82) is 0 Å². The maximum Gasteiger partial charge on any atom is 0.332 e. The van der Waals surface area contributed by atoms with Gasteiger partial charge in [0.1, 0.15) is 6.61 Å². The lowest BCUT2D eigenvalue weighted by Crippen LogP contribution is -2.51. The zero-order valence-electron chi connectivity index (χ0n) is 7.98. The number of urea groups is 2. The molecule has 0 saturated heterocycles. The van der Waals surface area contributed by atoms with Gasteiger partial charge in [0.05, 0.1) is 0 Å².